The first-order valence-corrected chi connectivity index (χ1v) is 6.38. The van der Waals surface area contributed by atoms with E-state index in [-0.39, 0.29) is 12.4 Å². The van der Waals surface area contributed by atoms with E-state index in [0.29, 0.717) is 34.4 Å². The molecule has 0 aliphatic rings. The van der Waals surface area contributed by atoms with Crippen LogP contribution in [0.1, 0.15) is 23.9 Å². The lowest BCUT2D eigenvalue weighted by Gasteiger charge is -2.10. The summed E-state index contributed by atoms with van der Waals surface area (Å²) in [5.41, 5.74) is 1.14. The standard InChI is InChI=1S/C14H14ClFN2O/c1-3-12-17-13(15)9(2)14(18-12)19-8-10-6-4-5-7-11(10)16/h4-7H,3,8H2,1-2H3. The van der Waals surface area contributed by atoms with Crippen LogP contribution in [0.3, 0.4) is 0 Å². The van der Waals surface area contributed by atoms with Gasteiger partial charge in [0.2, 0.25) is 5.88 Å². The number of ether oxygens (including phenoxy) is 1. The highest BCUT2D eigenvalue weighted by molar-refractivity contribution is 6.30. The molecule has 0 aliphatic heterocycles. The zero-order chi connectivity index (χ0) is 13.8. The summed E-state index contributed by atoms with van der Waals surface area (Å²) in [5, 5.41) is 0.371. The molecule has 0 atom stereocenters. The Balaban J connectivity index is 2.20. The predicted octanol–water partition coefficient (Wildman–Crippen LogP) is 3.72. The van der Waals surface area contributed by atoms with Crippen LogP contribution in [0.4, 0.5) is 4.39 Å². The lowest BCUT2D eigenvalue weighted by molar-refractivity contribution is 0.284. The van der Waals surface area contributed by atoms with E-state index < -0.39 is 0 Å². The van der Waals surface area contributed by atoms with Crippen LogP contribution in [0, 0.1) is 12.7 Å². The van der Waals surface area contributed by atoms with E-state index in [0.717, 1.165) is 0 Å². The molecule has 1 aromatic heterocycles. The van der Waals surface area contributed by atoms with Gasteiger partial charge in [0.1, 0.15) is 23.4 Å². The van der Waals surface area contributed by atoms with Gasteiger partial charge < -0.3 is 4.74 Å². The second kappa shape index (κ2) is 5.97. The minimum Gasteiger partial charge on any atom is -0.472 e. The van der Waals surface area contributed by atoms with Crippen molar-refractivity contribution in [3.05, 3.63) is 52.2 Å². The molecular formula is C14H14ClFN2O. The van der Waals surface area contributed by atoms with Gasteiger partial charge in [0, 0.05) is 17.5 Å². The number of aryl methyl sites for hydroxylation is 1. The van der Waals surface area contributed by atoms with Crippen molar-refractivity contribution in [3.63, 3.8) is 0 Å². The third kappa shape index (κ3) is 3.20. The maximum atomic E-state index is 13.5. The van der Waals surface area contributed by atoms with E-state index in [1.54, 1.807) is 25.1 Å². The molecule has 0 saturated heterocycles. The summed E-state index contributed by atoms with van der Waals surface area (Å²) >= 11 is 6.01. The second-order valence-electron chi connectivity index (χ2n) is 4.09. The van der Waals surface area contributed by atoms with Crippen molar-refractivity contribution in [3.8, 4) is 5.88 Å². The second-order valence-corrected chi connectivity index (χ2v) is 4.45. The van der Waals surface area contributed by atoms with E-state index in [9.17, 15) is 4.39 Å². The molecule has 0 bridgehead atoms. The summed E-state index contributed by atoms with van der Waals surface area (Å²) in [6.07, 6.45) is 0.663. The fourth-order valence-corrected chi connectivity index (χ4v) is 1.75. The summed E-state index contributed by atoms with van der Waals surface area (Å²) in [5.74, 6) is 0.718. The minimum atomic E-state index is -0.295. The van der Waals surface area contributed by atoms with Gasteiger partial charge in [-0.1, -0.05) is 36.7 Å². The smallest absolute Gasteiger partial charge is 0.221 e. The van der Waals surface area contributed by atoms with Gasteiger partial charge in [0.05, 0.1) is 0 Å². The first-order valence-electron chi connectivity index (χ1n) is 6.01. The molecule has 2 aromatic rings. The quantitative estimate of drug-likeness (QED) is 0.801. The normalized spacial score (nSPS) is 10.5. The van der Waals surface area contributed by atoms with Gasteiger partial charge in [-0.2, -0.15) is 4.98 Å². The lowest BCUT2D eigenvalue weighted by atomic mass is 10.2. The minimum absolute atomic E-state index is 0.115. The summed E-state index contributed by atoms with van der Waals surface area (Å²) in [6, 6.07) is 6.48. The van der Waals surface area contributed by atoms with Crippen LogP contribution in [-0.2, 0) is 13.0 Å². The Morgan fingerprint density at radius 3 is 2.68 bits per heavy atom. The molecule has 0 amide bonds. The maximum Gasteiger partial charge on any atom is 0.221 e. The first-order chi connectivity index (χ1) is 9.11. The number of rotatable bonds is 4. The Kier molecular flexibility index (Phi) is 4.32. The molecule has 100 valence electrons. The topological polar surface area (TPSA) is 35.0 Å². The van der Waals surface area contributed by atoms with E-state index in [4.69, 9.17) is 16.3 Å². The number of nitrogens with zero attached hydrogens (tertiary/aromatic N) is 2. The Bertz CT molecular complexity index is 590. The monoisotopic (exact) mass is 280 g/mol. The average molecular weight is 281 g/mol. The van der Waals surface area contributed by atoms with Crippen molar-refractivity contribution < 1.29 is 9.13 Å². The fraction of sp³-hybridized carbons (Fsp3) is 0.286. The van der Waals surface area contributed by atoms with Crippen molar-refractivity contribution in [2.24, 2.45) is 0 Å². The molecule has 0 spiro atoms. The Hall–Kier alpha value is -1.68. The van der Waals surface area contributed by atoms with Crippen molar-refractivity contribution in [2.75, 3.05) is 0 Å². The van der Waals surface area contributed by atoms with E-state index >= 15 is 0 Å². The molecule has 0 unspecified atom stereocenters. The van der Waals surface area contributed by atoms with E-state index in [2.05, 4.69) is 9.97 Å². The molecule has 1 heterocycles. The van der Waals surface area contributed by atoms with E-state index in [1.807, 2.05) is 6.92 Å². The molecule has 0 saturated carbocycles. The number of benzene rings is 1. The Morgan fingerprint density at radius 2 is 2.00 bits per heavy atom. The molecule has 0 N–H and O–H groups in total. The molecule has 5 heteroatoms. The Morgan fingerprint density at radius 1 is 1.26 bits per heavy atom. The third-order valence-electron chi connectivity index (χ3n) is 2.73. The highest BCUT2D eigenvalue weighted by Gasteiger charge is 2.11. The van der Waals surface area contributed by atoms with Gasteiger partial charge in [-0.15, -0.1) is 0 Å². The molecule has 1 aromatic carbocycles. The van der Waals surface area contributed by atoms with Gasteiger partial charge in [0.25, 0.3) is 0 Å². The molecule has 0 fully saturated rings. The average Bonchev–Trinajstić information content (AvgIpc) is 2.42. The summed E-state index contributed by atoms with van der Waals surface area (Å²) in [7, 11) is 0. The zero-order valence-electron chi connectivity index (χ0n) is 10.8. The van der Waals surface area contributed by atoms with Crippen LogP contribution in [0.25, 0.3) is 0 Å². The summed E-state index contributed by atoms with van der Waals surface area (Å²) < 4.78 is 19.0. The number of halogens is 2. The maximum absolute atomic E-state index is 13.5. The van der Waals surface area contributed by atoms with Crippen molar-refractivity contribution in [1.29, 1.82) is 0 Å². The molecule has 2 rings (SSSR count). The molecular weight excluding hydrogens is 267 g/mol. The van der Waals surface area contributed by atoms with Crippen LogP contribution < -0.4 is 4.74 Å². The van der Waals surface area contributed by atoms with Gasteiger partial charge in [-0.25, -0.2) is 9.37 Å². The number of aromatic nitrogens is 2. The van der Waals surface area contributed by atoms with Gasteiger partial charge in [-0.3, -0.25) is 0 Å². The Labute approximate surface area is 116 Å². The van der Waals surface area contributed by atoms with Gasteiger partial charge >= 0.3 is 0 Å². The first kappa shape index (κ1) is 13.7. The third-order valence-corrected chi connectivity index (χ3v) is 3.09. The van der Waals surface area contributed by atoms with Crippen LogP contribution in [0.2, 0.25) is 5.15 Å². The zero-order valence-corrected chi connectivity index (χ0v) is 11.5. The lowest BCUT2D eigenvalue weighted by Crippen LogP contribution is -2.04. The van der Waals surface area contributed by atoms with Gasteiger partial charge in [0.15, 0.2) is 0 Å². The predicted molar refractivity (Wildman–Crippen MR) is 71.9 cm³/mol. The van der Waals surface area contributed by atoms with Crippen molar-refractivity contribution in [2.45, 2.75) is 26.9 Å². The highest BCUT2D eigenvalue weighted by Crippen LogP contribution is 2.23. The molecule has 19 heavy (non-hydrogen) atoms. The largest absolute Gasteiger partial charge is 0.472 e. The summed E-state index contributed by atoms with van der Waals surface area (Å²) in [4.78, 5) is 8.38. The highest BCUT2D eigenvalue weighted by atomic mass is 35.5. The molecule has 0 radical (unpaired) electrons. The molecule has 0 aliphatic carbocycles. The fourth-order valence-electron chi connectivity index (χ4n) is 1.57. The van der Waals surface area contributed by atoms with Crippen molar-refractivity contribution in [1.82, 2.24) is 9.97 Å². The van der Waals surface area contributed by atoms with E-state index in [1.165, 1.54) is 6.07 Å². The summed E-state index contributed by atoms with van der Waals surface area (Å²) in [6.45, 7) is 3.82. The van der Waals surface area contributed by atoms with Crippen LogP contribution >= 0.6 is 11.6 Å². The van der Waals surface area contributed by atoms with Crippen LogP contribution in [-0.4, -0.2) is 9.97 Å². The van der Waals surface area contributed by atoms with Crippen molar-refractivity contribution >= 4 is 11.6 Å². The van der Waals surface area contributed by atoms with Crippen LogP contribution in [0.5, 0.6) is 5.88 Å². The van der Waals surface area contributed by atoms with Crippen LogP contribution in [0.15, 0.2) is 24.3 Å². The molecule has 3 nitrogen and oxygen atoms in total. The van der Waals surface area contributed by atoms with Gasteiger partial charge in [-0.05, 0) is 13.0 Å². The number of hydrogen-bond donors (Lipinski definition) is 0. The number of hydrogen-bond acceptors (Lipinski definition) is 3. The SMILES string of the molecule is CCc1nc(Cl)c(C)c(OCc2ccccc2F)n1.